The summed E-state index contributed by atoms with van der Waals surface area (Å²) in [5, 5.41) is 23.1. The number of hydrogen-bond donors (Lipinski definition) is 4. The number of halogens is 2. The third-order valence-corrected chi connectivity index (χ3v) is 7.75. The number of hydrogen-bond acceptors (Lipinski definition) is 7. The highest BCUT2D eigenvalue weighted by molar-refractivity contribution is 7.91. The van der Waals surface area contributed by atoms with Crippen LogP contribution in [0.25, 0.3) is 10.9 Å². The second kappa shape index (κ2) is 10.2. The Morgan fingerprint density at radius 2 is 1.69 bits per heavy atom. The lowest BCUT2D eigenvalue weighted by Crippen LogP contribution is -2.31. The van der Waals surface area contributed by atoms with Gasteiger partial charge in [0.25, 0.3) is 0 Å². The number of H-pyrrole nitrogens is 1. The summed E-state index contributed by atoms with van der Waals surface area (Å²) < 4.78 is 35.6. The summed E-state index contributed by atoms with van der Waals surface area (Å²) in [4.78, 5) is 15.2. The summed E-state index contributed by atoms with van der Waals surface area (Å²) in [7, 11) is -3.82. The second-order valence-electron chi connectivity index (χ2n) is 8.06. The van der Waals surface area contributed by atoms with Gasteiger partial charge >= 0.3 is 5.97 Å². The molecule has 4 N–H and O–H groups in total. The Labute approximate surface area is 216 Å². The van der Waals surface area contributed by atoms with Gasteiger partial charge in [-0.3, -0.25) is 0 Å². The summed E-state index contributed by atoms with van der Waals surface area (Å²) in [6.45, 7) is 1.87. The van der Waals surface area contributed by atoms with Gasteiger partial charge in [0.2, 0.25) is 15.6 Å². The Hall–Kier alpha value is -3.60. The van der Waals surface area contributed by atoms with Crippen molar-refractivity contribution >= 4 is 56.1 Å². The largest absolute Gasteiger partial charge is 0.502 e. The number of carboxylic acid groups (broad SMARTS) is 1. The molecule has 0 unspecified atom stereocenters. The first kappa shape index (κ1) is 25.5. The van der Waals surface area contributed by atoms with Gasteiger partial charge in [0.15, 0.2) is 11.5 Å². The average molecular weight is 551 g/mol. The summed E-state index contributed by atoms with van der Waals surface area (Å²) in [6, 6.07) is 12.9. The molecule has 0 aliphatic heterocycles. The molecule has 1 aromatic heterocycles. The normalized spacial score (nSPS) is 12.3. The SMILES string of the molecule is Cc1ccc(S(=O)(=O)c2c[nH]c3ccc(N[C@H](Cc4cc(OCl)c(O)c(OCl)c4)C(=O)O)cc23)cc1. The fourth-order valence-electron chi connectivity index (χ4n) is 3.76. The topological polar surface area (TPSA) is 138 Å². The lowest BCUT2D eigenvalue weighted by atomic mass is 10.0. The van der Waals surface area contributed by atoms with Crippen LogP contribution in [0.5, 0.6) is 17.2 Å². The van der Waals surface area contributed by atoms with Crippen LogP contribution in [0.4, 0.5) is 5.69 Å². The van der Waals surface area contributed by atoms with E-state index < -0.39 is 27.6 Å². The van der Waals surface area contributed by atoms with Crippen molar-refractivity contribution in [2.75, 3.05) is 5.32 Å². The van der Waals surface area contributed by atoms with E-state index in [4.69, 9.17) is 23.7 Å². The van der Waals surface area contributed by atoms with Gasteiger partial charge in [0.1, 0.15) is 29.8 Å². The van der Waals surface area contributed by atoms with Crippen LogP contribution in [0.15, 0.2) is 70.6 Å². The molecule has 9 nitrogen and oxygen atoms in total. The van der Waals surface area contributed by atoms with Gasteiger partial charge in [-0.15, -0.1) is 0 Å². The number of phenols is 1. The molecule has 0 saturated heterocycles. The first-order chi connectivity index (χ1) is 17.1. The maximum absolute atomic E-state index is 13.3. The molecule has 1 heterocycles. The molecule has 12 heteroatoms. The molecular formula is C24H20Cl2N2O7S. The van der Waals surface area contributed by atoms with Gasteiger partial charge < -0.3 is 29.1 Å². The van der Waals surface area contributed by atoms with Crippen LogP contribution >= 0.6 is 23.7 Å². The molecule has 0 spiro atoms. The fraction of sp³-hybridized carbons (Fsp3) is 0.125. The quantitative estimate of drug-likeness (QED) is 0.223. The highest BCUT2D eigenvalue weighted by Gasteiger charge is 2.24. The van der Waals surface area contributed by atoms with E-state index in [0.29, 0.717) is 22.2 Å². The van der Waals surface area contributed by atoms with Crippen molar-refractivity contribution < 1.29 is 32.0 Å². The number of anilines is 1. The minimum absolute atomic E-state index is 0.0724. The number of sulfone groups is 1. The number of rotatable bonds is 9. The molecule has 0 amide bonds. The standard InChI is InChI=1S/C24H20Cl2N2O7S/c1-13-2-5-16(6-3-13)36(32,33)22-12-27-18-7-4-15(11-17(18)22)28-19(24(30)31)8-14-9-20(34-25)23(29)21(10-14)35-26/h2-7,9-12,19,27-29H,8H2,1H3,(H,30,31)/t19-/m1/s1. The number of aliphatic carboxylic acids is 1. The van der Waals surface area contributed by atoms with Gasteiger partial charge in [0.05, 0.1) is 9.79 Å². The van der Waals surface area contributed by atoms with Crippen molar-refractivity contribution in [3.63, 3.8) is 0 Å². The Bertz CT molecular complexity index is 1510. The highest BCUT2D eigenvalue weighted by atomic mass is 35.5. The zero-order valence-corrected chi connectivity index (χ0v) is 21.0. The number of benzene rings is 3. The molecule has 0 saturated carbocycles. The zero-order chi connectivity index (χ0) is 26.0. The predicted octanol–water partition coefficient (Wildman–Crippen LogP) is 5.19. The molecule has 1 atom stereocenters. The molecule has 4 rings (SSSR count). The zero-order valence-electron chi connectivity index (χ0n) is 18.7. The van der Waals surface area contributed by atoms with Crippen LogP contribution in [0, 0.1) is 6.92 Å². The number of aromatic nitrogens is 1. The summed E-state index contributed by atoms with van der Waals surface area (Å²) in [5.74, 6) is -1.93. The van der Waals surface area contributed by atoms with Crippen molar-refractivity contribution in [2.45, 2.75) is 29.2 Å². The number of fused-ring (bicyclic) bond motifs is 1. The summed E-state index contributed by atoms with van der Waals surface area (Å²) in [6.07, 6.45) is 1.34. The number of aromatic hydroxyl groups is 1. The molecule has 0 aliphatic carbocycles. The average Bonchev–Trinajstić information content (AvgIpc) is 3.29. The number of nitrogens with one attached hydrogen (secondary N) is 2. The Morgan fingerprint density at radius 3 is 2.28 bits per heavy atom. The molecule has 0 bridgehead atoms. The van der Waals surface area contributed by atoms with Gasteiger partial charge in [0, 0.05) is 29.2 Å². The third kappa shape index (κ3) is 5.01. The number of phenolic OH excluding ortho intramolecular Hbond substituents is 1. The van der Waals surface area contributed by atoms with Gasteiger partial charge in [-0.25, -0.2) is 13.2 Å². The smallest absolute Gasteiger partial charge is 0.326 e. The van der Waals surface area contributed by atoms with E-state index >= 15 is 0 Å². The fourth-order valence-corrected chi connectivity index (χ4v) is 5.42. The van der Waals surface area contributed by atoms with E-state index in [1.165, 1.54) is 18.3 Å². The van der Waals surface area contributed by atoms with Crippen molar-refractivity contribution in [1.82, 2.24) is 4.98 Å². The number of carbonyl (C=O) groups is 1. The molecule has 0 radical (unpaired) electrons. The lowest BCUT2D eigenvalue weighted by Gasteiger charge is -2.17. The molecule has 36 heavy (non-hydrogen) atoms. The molecule has 0 fully saturated rings. The third-order valence-electron chi connectivity index (χ3n) is 5.61. The minimum atomic E-state index is -3.82. The molecule has 3 aromatic carbocycles. The van der Waals surface area contributed by atoms with E-state index in [0.717, 1.165) is 5.56 Å². The minimum Gasteiger partial charge on any atom is -0.502 e. The number of aromatic amines is 1. The van der Waals surface area contributed by atoms with E-state index in [1.807, 2.05) is 6.92 Å². The van der Waals surface area contributed by atoms with E-state index in [1.54, 1.807) is 42.5 Å². The highest BCUT2D eigenvalue weighted by Crippen LogP contribution is 2.39. The van der Waals surface area contributed by atoms with Gasteiger partial charge in [-0.2, -0.15) is 0 Å². The van der Waals surface area contributed by atoms with Crippen LogP contribution in [-0.2, 0) is 21.1 Å². The van der Waals surface area contributed by atoms with Crippen molar-refractivity contribution in [2.24, 2.45) is 0 Å². The molecule has 188 valence electrons. The van der Waals surface area contributed by atoms with Crippen LogP contribution in [0.3, 0.4) is 0 Å². The van der Waals surface area contributed by atoms with Crippen LogP contribution < -0.4 is 13.9 Å². The van der Waals surface area contributed by atoms with Crippen LogP contribution in [0.1, 0.15) is 11.1 Å². The number of carboxylic acids is 1. The van der Waals surface area contributed by atoms with Crippen LogP contribution in [0.2, 0.25) is 0 Å². The number of aryl methyl sites for hydroxylation is 1. The maximum atomic E-state index is 13.3. The molecule has 4 aromatic rings. The first-order valence-electron chi connectivity index (χ1n) is 10.5. The lowest BCUT2D eigenvalue weighted by molar-refractivity contribution is -0.137. The van der Waals surface area contributed by atoms with Crippen molar-refractivity contribution in [1.29, 1.82) is 0 Å². The Morgan fingerprint density at radius 1 is 1.06 bits per heavy atom. The molecular weight excluding hydrogens is 531 g/mol. The van der Waals surface area contributed by atoms with Gasteiger partial charge in [-0.05, 0) is 55.0 Å². The Kier molecular flexibility index (Phi) is 7.21. The van der Waals surface area contributed by atoms with Gasteiger partial charge in [-0.1, -0.05) is 17.7 Å². The molecule has 0 aliphatic rings. The predicted molar refractivity (Wildman–Crippen MR) is 135 cm³/mol. The van der Waals surface area contributed by atoms with E-state index in [-0.39, 0.29) is 27.7 Å². The Balaban J connectivity index is 1.66. The van der Waals surface area contributed by atoms with E-state index in [2.05, 4.69) is 18.9 Å². The summed E-state index contributed by atoms with van der Waals surface area (Å²) in [5.41, 5.74) is 2.28. The second-order valence-corrected chi connectivity index (χ2v) is 10.3. The first-order valence-corrected chi connectivity index (χ1v) is 12.6. The summed E-state index contributed by atoms with van der Waals surface area (Å²) >= 11 is 10.7. The van der Waals surface area contributed by atoms with Crippen molar-refractivity contribution in [3.8, 4) is 17.2 Å². The van der Waals surface area contributed by atoms with Crippen molar-refractivity contribution in [3.05, 3.63) is 71.9 Å². The maximum Gasteiger partial charge on any atom is 0.326 e. The van der Waals surface area contributed by atoms with E-state index in [9.17, 15) is 23.4 Å². The monoisotopic (exact) mass is 550 g/mol. The van der Waals surface area contributed by atoms with Crippen LogP contribution in [-0.4, -0.2) is 35.6 Å².